The van der Waals surface area contributed by atoms with Crippen molar-refractivity contribution in [1.82, 2.24) is 0 Å². The second kappa shape index (κ2) is 6.89. The molecule has 0 saturated carbocycles. The van der Waals surface area contributed by atoms with Gasteiger partial charge in [-0.25, -0.2) is 0 Å². The summed E-state index contributed by atoms with van der Waals surface area (Å²) in [5, 5.41) is 26.6. The second-order valence-corrected chi connectivity index (χ2v) is 5.78. The Labute approximate surface area is 143 Å². The van der Waals surface area contributed by atoms with Crippen molar-refractivity contribution in [3.05, 3.63) is 63.6 Å². The van der Waals surface area contributed by atoms with Crippen molar-refractivity contribution in [3.63, 3.8) is 0 Å². The highest BCUT2D eigenvalue weighted by Crippen LogP contribution is 2.30. The Kier molecular flexibility index (Phi) is 4.69. The normalized spacial score (nSPS) is 19.0. The lowest BCUT2D eigenvalue weighted by molar-refractivity contribution is 0.474. The Morgan fingerprint density at radius 3 is 2.74 bits per heavy atom. The standard InChI is InChI=1S/C16H12Cl2N4O/c17-12-6-11(16(23)13(18)7-12)9-19-21-15-8-14(20-22-15)10-4-2-1-3-5-10/h1-7,9,14,23H,8H2/b19-9-,21-15+/t14-/m0/s1. The summed E-state index contributed by atoms with van der Waals surface area (Å²) in [6.07, 6.45) is 1.97. The number of hydrogen-bond donors (Lipinski definition) is 1. The summed E-state index contributed by atoms with van der Waals surface area (Å²) < 4.78 is 0. The van der Waals surface area contributed by atoms with Gasteiger partial charge in [0.1, 0.15) is 11.8 Å². The van der Waals surface area contributed by atoms with E-state index in [0.29, 0.717) is 22.8 Å². The molecular formula is C16H12Cl2N4O. The molecule has 116 valence electrons. The Morgan fingerprint density at radius 2 is 1.96 bits per heavy atom. The van der Waals surface area contributed by atoms with Gasteiger partial charge in [-0.05, 0) is 17.7 Å². The minimum absolute atomic E-state index is 0.0285. The fourth-order valence-electron chi connectivity index (χ4n) is 2.15. The first-order chi connectivity index (χ1) is 11.1. The quantitative estimate of drug-likeness (QED) is 0.614. The van der Waals surface area contributed by atoms with Crippen LogP contribution in [0.3, 0.4) is 0 Å². The van der Waals surface area contributed by atoms with E-state index in [4.69, 9.17) is 23.2 Å². The van der Waals surface area contributed by atoms with Gasteiger partial charge in [-0.3, -0.25) is 0 Å². The van der Waals surface area contributed by atoms with Crippen LogP contribution < -0.4 is 0 Å². The summed E-state index contributed by atoms with van der Waals surface area (Å²) in [7, 11) is 0. The maximum atomic E-state index is 9.83. The highest BCUT2D eigenvalue weighted by atomic mass is 35.5. The van der Waals surface area contributed by atoms with Gasteiger partial charge in [0.2, 0.25) is 0 Å². The number of benzene rings is 2. The zero-order valence-corrected chi connectivity index (χ0v) is 13.4. The van der Waals surface area contributed by atoms with Crippen molar-refractivity contribution in [2.75, 3.05) is 0 Å². The molecule has 0 aliphatic carbocycles. The maximum Gasteiger partial charge on any atom is 0.175 e. The largest absolute Gasteiger partial charge is 0.506 e. The number of phenols is 1. The average Bonchev–Trinajstić information content (AvgIpc) is 3.02. The van der Waals surface area contributed by atoms with Gasteiger partial charge in [-0.15, -0.1) is 10.2 Å². The van der Waals surface area contributed by atoms with Crippen molar-refractivity contribution >= 4 is 35.3 Å². The Hall–Kier alpha value is -2.24. The Morgan fingerprint density at radius 1 is 1.17 bits per heavy atom. The number of amidine groups is 1. The number of halogens is 2. The molecule has 0 radical (unpaired) electrons. The molecule has 2 aromatic carbocycles. The molecule has 0 spiro atoms. The Balaban J connectivity index is 1.71. The molecule has 0 saturated heterocycles. The molecule has 0 unspecified atom stereocenters. The first-order valence-electron chi connectivity index (χ1n) is 6.87. The molecule has 0 amide bonds. The molecule has 2 aromatic rings. The third-order valence-electron chi connectivity index (χ3n) is 3.30. The zero-order valence-electron chi connectivity index (χ0n) is 11.9. The van der Waals surface area contributed by atoms with Crippen molar-refractivity contribution < 1.29 is 5.11 Å². The zero-order chi connectivity index (χ0) is 16.2. The molecule has 1 aliphatic heterocycles. The van der Waals surface area contributed by atoms with Gasteiger partial charge in [0, 0.05) is 17.0 Å². The molecule has 1 aliphatic rings. The molecule has 0 bridgehead atoms. The van der Waals surface area contributed by atoms with E-state index in [1.807, 2.05) is 30.3 Å². The van der Waals surface area contributed by atoms with Gasteiger partial charge in [-0.2, -0.15) is 10.2 Å². The van der Waals surface area contributed by atoms with Crippen molar-refractivity contribution in [2.45, 2.75) is 12.5 Å². The van der Waals surface area contributed by atoms with E-state index in [0.717, 1.165) is 5.56 Å². The number of phenolic OH excluding ortho intramolecular Hbond substituents is 1. The summed E-state index contributed by atoms with van der Waals surface area (Å²) in [4.78, 5) is 0. The third kappa shape index (κ3) is 3.75. The lowest BCUT2D eigenvalue weighted by atomic mass is 10.1. The number of azo groups is 1. The molecular weight excluding hydrogens is 335 g/mol. The van der Waals surface area contributed by atoms with E-state index in [2.05, 4.69) is 20.4 Å². The van der Waals surface area contributed by atoms with Gasteiger partial charge in [-0.1, -0.05) is 53.5 Å². The van der Waals surface area contributed by atoms with Gasteiger partial charge in [0.15, 0.2) is 5.84 Å². The van der Waals surface area contributed by atoms with Crippen LogP contribution in [0, 0.1) is 0 Å². The molecule has 1 heterocycles. The minimum atomic E-state index is -0.0878. The maximum absolute atomic E-state index is 9.83. The molecule has 5 nitrogen and oxygen atoms in total. The molecule has 0 aromatic heterocycles. The predicted octanol–water partition coefficient (Wildman–Crippen LogP) is 5.03. The van der Waals surface area contributed by atoms with Crippen LogP contribution in [0.2, 0.25) is 10.0 Å². The fourth-order valence-corrected chi connectivity index (χ4v) is 2.66. The van der Waals surface area contributed by atoms with E-state index < -0.39 is 0 Å². The first-order valence-corrected chi connectivity index (χ1v) is 7.63. The summed E-state index contributed by atoms with van der Waals surface area (Å²) in [5.41, 5.74) is 1.48. The fraction of sp³-hybridized carbons (Fsp3) is 0.125. The average molecular weight is 347 g/mol. The van der Waals surface area contributed by atoms with Crippen molar-refractivity contribution in [3.8, 4) is 5.75 Å². The predicted molar refractivity (Wildman–Crippen MR) is 91.8 cm³/mol. The summed E-state index contributed by atoms with van der Waals surface area (Å²) in [5.74, 6) is 0.443. The second-order valence-electron chi connectivity index (χ2n) is 4.93. The van der Waals surface area contributed by atoms with Crippen LogP contribution in [-0.4, -0.2) is 17.2 Å². The van der Waals surface area contributed by atoms with Crippen LogP contribution >= 0.6 is 23.2 Å². The summed E-state index contributed by atoms with van der Waals surface area (Å²) in [6, 6.07) is 12.9. The van der Waals surface area contributed by atoms with Crippen LogP contribution in [0.15, 0.2) is 62.9 Å². The van der Waals surface area contributed by atoms with Crippen LogP contribution in [0.4, 0.5) is 0 Å². The first kappa shape index (κ1) is 15.6. The SMILES string of the molecule is Oc1c(Cl)cc(Cl)cc1/C=N\N=C1/C[C@@H](c2ccccc2)N=N1. The molecule has 1 atom stereocenters. The molecule has 23 heavy (non-hydrogen) atoms. The van der Waals surface area contributed by atoms with E-state index in [1.54, 1.807) is 6.07 Å². The van der Waals surface area contributed by atoms with E-state index in [-0.39, 0.29) is 16.8 Å². The molecule has 1 N–H and O–H groups in total. The lowest BCUT2D eigenvalue weighted by Gasteiger charge is -2.03. The van der Waals surface area contributed by atoms with Gasteiger partial charge < -0.3 is 5.11 Å². The molecule has 0 fully saturated rings. The van der Waals surface area contributed by atoms with Gasteiger partial charge in [0.25, 0.3) is 0 Å². The van der Waals surface area contributed by atoms with Crippen LogP contribution in [0.1, 0.15) is 23.6 Å². The molecule has 7 heteroatoms. The number of nitrogens with zero attached hydrogens (tertiary/aromatic N) is 4. The summed E-state index contributed by atoms with van der Waals surface area (Å²) >= 11 is 11.7. The number of aromatic hydroxyl groups is 1. The van der Waals surface area contributed by atoms with Crippen molar-refractivity contribution in [2.24, 2.45) is 20.4 Å². The van der Waals surface area contributed by atoms with Gasteiger partial charge >= 0.3 is 0 Å². The smallest absolute Gasteiger partial charge is 0.175 e. The third-order valence-corrected chi connectivity index (χ3v) is 3.81. The van der Waals surface area contributed by atoms with E-state index in [9.17, 15) is 5.11 Å². The van der Waals surface area contributed by atoms with E-state index in [1.165, 1.54) is 12.3 Å². The van der Waals surface area contributed by atoms with Crippen LogP contribution in [0.25, 0.3) is 0 Å². The van der Waals surface area contributed by atoms with Gasteiger partial charge in [0.05, 0.1) is 11.2 Å². The lowest BCUT2D eigenvalue weighted by Crippen LogP contribution is -1.95. The molecule has 3 rings (SSSR count). The Bertz CT molecular complexity index is 803. The van der Waals surface area contributed by atoms with Crippen LogP contribution in [0.5, 0.6) is 5.75 Å². The minimum Gasteiger partial charge on any atom is -0.506 e. The monoisotopic (exact) mass is 346 g/mol. The topological polar surface area (TPSA) is 69.7 Å². The number of rotatable bonds is 3. The van der Waals surface area contributed by atoms with Crippen molar-refractivity contribution in [1.29, 1.82) is 0 Å². The van der Waals surface area contributed by atoms with E-state index >= 15 is 0 Å². The highest BCUT2D eigenvalue weighted by Gasteiger charge is 2.19. The number of hydrogen-bond acceptors (Lipinski definition) is 4. The summed E-state index contributed by atoms with van der Waals surface area (Å²) in [6.45, 7) is 0. The van der Waals surface area contributed by atoms with Crippen LogP contribution in [-0.2, 0) is 0 Å². The highest BCUT2D eigenvalue weighted by molar-refractivity contribution is 6.36.